The van der Waals surface area contributed by atoms with Gasteiger partial charge in [0.15, 0.2) is 0 Å². The Labute approximate surface area is 189 Å². The first-order valence-electron chi connectivity index (χ1n) is 11.3. The van der Waals surface area contributed by atoms with Crippen LogP contribution in [0.1, 0.15) is 50.1 Å². The van der Waals surface area contributed by atoms with Gasteiger partial charge in [0, 0.05) is 24.4 Å². The number of likely N-dealkylation sites (tertiary alicyclic amines) is 1. The molecule has 1 aromatic heterocycles. The predicted molar refractivity (Wildman–Crippen MR) is 126 cm³/mol. The minimum atomic E-state index is -0.706. The number of nitrogens with zero attached hydrogens (tertiary/aromatic N) is 3. The Kier molecular flexibility index (Phi) is 5.99. The van der Waals surface area contributed by atoms with Crippen molar-refractivity contribution in [3.8, 4) is 5.75 Å². The molecular formula is C26H33N3O3. The van der Waals surface area contributed by atoms with Gasteiger partial charge in [-0.1, -0.05) is 29.8 Å². The molecule has 1 amide bonds. The van der Waals surface area contributed by atoms with Crippen LogP contribution in [0, 0.1) is 13.8 Å². The number of fused-ring (bicyclic) bond motifs is 1. The number of aliphatic hydroxyl groups excluding tert-OH is 1. The Morgan fingerprint density at radius 3 is 2.62 bits per heavy atom. The number of para-hydroxylation sites is 2. The molecule has 32 heavy (non-hydrogen) atoms. The molecule has 0 aliphatic carbocycles. The second-order valence-electron chi connectivity index (χ2n) is 9.88. The predicted octanol–water partition coefficient (Wildman–Crippen LogP) is 4.21. The molecule has 2 atom stereocenters. The molecule has 0 radical (unpaired) electrons. The lowest BCUT2D eigenvalue weighted by Crippen LogP contribution is -2.42. The molecule has 0 spiro atoms. The highest BCUT2D eigenvalue weighted by Crippen LogP contribution is 2.34. The van der Waals surface area contributed by atoms with E-state index in [-0.39, 0.29) is 24.0 Å². The second-order valence-corrected chi connectivity index (χ2v) is 9.88. The van der Waals surface area contributed by atoms with Crippen molar-refractivity contribution in [2.75, 3.05) is 13.2 Å². The Balaban J connectivity index is 1.56. The second kappa shape index (κ2) is 8.58. The SMILES string of the molecule is Cc1ccc(OCC(O)Cn2c(C3CC(=O)N(C(C)(C)C)C3)nc3ccccc32)c(C)c1. The van der Waals surface area contributed by atoms with Gasteiger partial charge in [-0.05, 0) is 58.4 Å². The minimum absolute atomic E-state index is 0.00147. The number of aryl methyl sites for hydroxylation is 2. The van der Waals surface area contributed by atoms with Crippen molar-refractivity contribution >= 4 is 16.9 Å². The van der Waals surface area contributed by atoms with Gasteiger partial charge >= 0.3 is 0 Å². The van der Waals surface area contributed by atoms with Gasteiger partial charge in [0.25, 0.3) is 0 Å². The summed E-state index contributed by atoms with van der Waals surface area (Å²) in [6.45, 7) is 11.4. The summed E-state index contributed by atoms with van der Waals surface area (Å²) in [5.74, 6) is 1.80. The lowest BCUT2D eigenvalue weighted by molar-refractivity contribution is -0.131. The van der Waals surface area contributed by atoms with Crippen molar-refractivity contribution in [2.45, 2.75) is 65.1 Å². The summed E-state index contributed by atoms with van der Waals surface area (Å²) in [6, 6.07) is 14.0. The fraction of sp³-hybridized carbons (Fsp3) is 0.462. The molecule has 4 rings (SSSR count). The summed E-state index contributed by atoms with van der Waals surface area (Å²) in [5.41, 5.74) is 3.86. The Morgan fingerprint density at radius 2 is 1.94 bits per heavy atom. The molecule has 2 unspecified atom stereocenters. The fourth-order valence-corrected chi connectivity index (χ4v) is 4.54. The van der Waals surface area contributed by atoms with Crippen LogP contribution in [-0.2, 0) is 11.3 Å². The highest BCUT2D eigenvalue weighted by atomic mass is 16.5. The topological polar surface area (TPSA) is 67.6 Å². The number of hydrogen-bond donors (Lipinski definition) is 1. The number of rotatable bonds is 6. The van der Waals surface area contributed by atoms with Crippen molar-refractivity contribution in [1.82, 2.24) is 14.5 Å². The van der Waals surface area contributed by atoms with E-state index < -0.39 is 6.10 Å². The molecule has 170 valence electrons. The molecule has 0 bridgehead atoms. The number of ether oxygens (including phenoxy) is 1. The molecule has 6 nitrogen and oxygen atoms in total. The Hall–Kier alpha value is -2.86. The van der Waals surface area contributed by atoms with Crippen LogP contribution in [0.15, 0.2) is 42.5 Å². The summed E-state index contributed by atoms with van der Waals surface area (Å²) in [4.78, 5) is 19.5. The molecule has 1 fully saturated rings. The van der Waals surface area contributed by atoms with Crippen molar-refractivity contribution < 1.29 is 14.6 Å². The van der Waals surface area contributed by atoms with Crippen LogP contribution in [0.3, 0.4) is 0 Å². The van der Waals surface area contributed by atoms with Crippen molar-refractivity contribution in [1.29, 1.82) is 0 Å². The maximum Gasteiger partial charge on any atom is 0.223 e. The van der Waals surface area contributed by atoms with E-state index in [4.69, 9.17) is 9.72 Å². The number of aliphatic hydroxyl groups is 1. The normalized spacial score (nSPS) is 17.9. The highest BCUT2D eigenvalue weighted by molar-refractivity contribution is 5.81. The van der Waals surface area contributed by atoms with Crippen LogP contribution in [0.2, 0.25) is 0 Å². The van der Waals surface area contributed by atoms with E-state index in [1.165, 1.54) is 5.56 Å². The van der Waals surface area contributed by atoms with Crippen molar-refractivity contribution in [2.24, 2.45) is 0 Å². The number of carbonyl (C=O) groups is 1. The zero-order chi connectivity index (χ0) is 23.0. The Bertz CT molecular complexity index is 1130. The number of aromatic nitrogens is 2. The molecule has 3 aromatic rings. The summed E-state index contributed by atoms with van der Waals surface area (Å²) in [7, 11) is 0. The first kappa shape index (κ1) is 22.3. The van der Waals surface area contributed by atoms with Gasteiger partial charge in [0.1, 0.15) is 24.3 Å². The van der Waals surface area contributed by atoms with Crippen LogP contribution >= 0.6 is 0 Å². The molecule has 1 N–H and O–H groups in total. The van der Waals surface area contributed by atoms with E-state index in [2.05, 4.69) is 31.4 Å². The molecular weight excluding hydrogens is 402 g/mol. The van der Waals surface area contributed by atoms with Crippen LogP contribution in [0.25, 0.3) is 11.0 Å². The van der Waals surface area contributed by atoms with Gasteiger partial charge in [-0.25, -0.2) is 4.98 Å². The molecule has 2 heterocycles. The average Bonchev–Trinajstić information content (AvgIpc) is 3.28. The maximum absolute atomic E-state index is 12.7. The van der Waals surface area contributed by atoms with Crippen molar-refractivity contribution in [3.05, 3.63) is 59.4 Å². The average molecular weight is 436 g/mol. The monoisotopic (exact) mass is 435 g/mol. The van der Waals surface area contributed by atoms with E-state index in [9.17, 15) is 9.90 Å². The number of hydrogen-bond acceptors (Lipinski definition) is 4. The van der Waals surface area contributed by atoms with E-state index in [1.54, 1.807) is 0 Å². The van der Waals surface area contributed by atoms with Crippen LogP contribution < -0.4 is 4.74 Å². The van der Waals surface area contributed by atoms with Gasteiger partial charge < -0.3 is 19.3 Å². The first-order valence-corrected chi connectivity index (χ1v) is 11.3. The third-order valence-corrected chi connectivity index (χ3v) is 6.14. The van der Waals surface area contributed by atoms with Crippen molar-refractivity contribution in [3.63, 3.8) is 0 Å². The molecule has 2 aromatic carbocycles. The highest BCUT2D eigenvalue weighted by Gasteiger charge is 2.39. The smallest absolute Gasteiger partial charge is 0.223 e. The van der Waals surface area contributed by atoms with Gasteiger partial charge in [0.05, 0.1) is 17.6 Å². The van der Waals surface area contributed by atoms with Gasteiger partial charge in [0.2, 0.25) is 5.91 Å². The fourth-order valence-electron chi connectivity index (χ4n) is 4.54. The van der Waals surface area contributed by atoms with Gasteiger partial charge in [-0.15, -0.1) is 0 Å². The van der Waals surface area contributed by atoms with Gasteiger partial charge in [-0.2, -0.15) is 0 Å². The molecule has 1 aliphatic rings. The quantitative estimate of drug-likeness (QED) is 0.630. The standard InChI is InChI=1S/C26H33N3O3/c1-17-10-11-23(18(2)12-17)32-16-20(30)15-28-22-9-7-6-8-21(22)27-25(28)19-13-24(31)29(14-19)26(3,4)5/h6-12,19-20,30H,13-16H2,1-5H3. The number of imidazole rings is 1. The zero-order valence-corrected chi connectivity index (χ0v) is 19.6. The van der Waals surface area contributed by atoms with Crippen LogP contribution in [-0.4, -0.2) is 50.3 Å². The molecule has 6 heteroatoms. The number of amides is 1. The molecule has 0 saturated carbocycles. The van der Waals surface area contributed by atoms with Crippen LogP contribution in [0.4, 0.5) is 0 Å². The maximum atomic E-state index is 12.7. The van der Waals surface area contributed by atoms with E-state index >= 15 is 0 Å². The minimum Gasteiger partial charge on any atom is -0.491 e. The third kappa shape index (κ3) is 4.51. The van der Waals surface area contributed by atoms with Crippen LogP contribution in [0.5, 0.6) is 5.75 Å². The summed E-state index contributed by atoms with van der Waals surface area (Å²) >= 11 is 0. The number of carbonyl (C=O) groups excluding carboxylic acids is 1. The zero-order valence-electron chi connectivity index (χ0n) is 19.6. The Morgan fingerprint density at radius 1 is 1.19 bits per heavy atom. The summed E-state index contributed by atoms with van der Waals surface area (Å²) in [6.07, 6.45) is -0.265. The van der Waals surface area contributed by atoms with Gasteiger partial charge in [-0.3, -0.25) is 4.79 Å². The van der Waals surface area contributed by atoms with E-state index in [0.717, 1.165) is 28.2 Å². The van der Waals surface area contributed by atoms with E-state index in [1.807, 2.05) is 55.1 Å². The number of benzene rings is 2. The third-order valence-electron chi connectivity index (χ3n) is 6.14. The molecule has 1 aliphatic heterocycles. The molecule has 1 saturated heterocycles. The summed E-state index contributed by atoms with van der Waals surface area (Å²) < 4.78 is 7.98. The summed E-state index contributed by atoms with van der Waals surface area (Å²) in [5, 5.41) is 10.8. The lowest BCUT2D eigenvalue weighted by atomic mass is 10.1. The largest absolute Gasteiger partial charge is 0.491 e. The lowest BCUT2D eigenvalue weighted by Gasteiger charge is -2.32. The van der Waals surface area contributed by atoms with E-state index in [0.29, 0.717) is 19.5 Å². The first-order chi connectivity index (χ1) is 15.1.